The average molecular weight is 776 g/mol. The van der Waals surface area contributed by atoms with Crippen LogP contribution in [-0.2, 0) is 34.1 Å². The van der Waals surface area contributed by atoms with Gasteiger partial charge in [0.2, 0.25) is 0 Å². The normalized spacial score (nSPS) is 20.7. The van der Waals surface area contributed by atoms with Crippen molar-refractivity contribution in [1.29, 1.82) is 0 Å². The van der Waals surface area contributed by atoms with E-state index < -0.39 is 64.5 Å². The van der Waals surface area contributed by atoms with Crippen molar-refractivity contribution in [2.45, 2.75) is 73.8 Å². The van der Waals surface area contributed by atoms with E-state index in [1.807, 2.05) is 43.3 Å². The molecule has 0 unspecified atom stereocenters. The summed E-state index contributed by atoms with van der Waals surface area (Å²) in [5.74, 6) is -1.79. The Hall–Kier alpha value is -2.07. The molecule has 1 saturated heterocycles. The third kappa shape index (κ3) is 9.96. The number of amides is 1. The van der Waals surface area contributed by atoms with Crippen LogP contribution in [0.2, 0.25) is 0 Å². The minimum atomic E-state index is -3.42. The summed E-state index contributed by atoms with van der Waals surface area (Å²) in [5.41, 5.74) is 3.52. The molecule has 1 aliphatic heterocycles. The number of likely N-dealkylation sites (tertiary alicyclic amines) is 1. The predicted octanol–water partition coefficient (Wildman–Crippen LogP) is 0.826. The second-order valence-corrected chi connectivity index (χ2v) is 19.7. The molecule has 250 valence electrons. The summed E-state index contributed by atoms with van der Waals surface area (Å²) in [6.07, 6.45) is 6.69. The van der Waals surface area contributed by atoms with Gasteiger partial charge in [0.25, 0.3) is 0 Å². The van der Waals surface area contributed by atoms with Crippen LogP contribution in [0.1, 0.15) is 66.4 Å². The fraction of sp³-hybridized carbons (Fsp3) is 0.562. The Morgan fingerprint density at radius 2 is 1.78 bits per heavy atom. The Morgan fingerprint density at radius 3 is 2.42 bits per heavy atom. The first kappa shape index (κ1) is 35.8. The molecule has 2 fully saturated rings. The Bertz CT molecular complexity index is 1580. The van der Waals surface area contributed by atoms with Crippen molar-refractivity contribution in [3.8, 4) is 11.1 Å². The second-order valence-electron chi connectivity index (χ2n) is 12.3. The first-order valence-corrected chi connectivity index (χ1v) is 21.2. The zero-order chi connectivity index (χ0) is 32.8. The third-order valence-electron chi connectivity index (χ3n) is 8.71. The monoisotopic (exact) mass is 775 g/mol. The fourth-order valence-electron chi connectivity index (χ4n) is 6.30. The van der Waals surface area contributed by atoms with Gasteiger partial charge in [0.05, 0.1) is 0 Å². The number of aliphatic carboxylic acids is 1. The number of benzene rings is 2. The average Bonchev–Trinajstić information content (AvgIpc) is 3.38. The molecule has 2 aliphatic rings. The summed E-state index contributed by atoms with van der Waals surface area (Å²) < 4.78 is 55.9. The van der Waals surface area contributed by atoms with Crippen LogP contribution in [0.25, 0.3) is 11.1 Å². The molecule has 4 rings (SSSR count). The Morgan fingerprint density at radius 1 is 1.07 bits per heavy atom. The zero-order valence-electron chi connectivity index (χ0n) is 26.1. The summed E-state index contributed by atoms with van der Waals surface area (Å²) >= 11 is -0.715. The molecule has 45 heavy (non-hydrogen) atoms. The van der Waals surface area contributed by atoms with Crippen LogP contribution in [0.4, 0.5) is 0 Å². The summed E-state index contributed by atoms with van der Waals surface area (Å²) in [4.78, 5) is 27.5. The van der Waals surface area contributed by atoms with Crippen molar-refractivity contribution in [3.05, 3.63) is 59.2 Å². The number of carbonyl (C=O) groups excluding carboxylic acids is 1. The van der Waals surface area contributed by atoms with Crippen LogP contribution in [-0.4, -0.2) is 85.5 Å². The van der Waals surface area contributed by atoms with E-state index in [0.29, 0.717) is 25.1 Å². The fourth-order valence-corrected chi connectivity index (χ4v) is 11.6. The molecule has 0 aromatic heterocycles. The molecule has 1 heterocycles. The Labute approximate surface area is 278 Å². The Kier molecular flexibility index (Phi) is 12.5. The summed E-state index contributed by atoms with van der Waals surface area (Å²) in [6.45, 7) is 2.85. The molecule has 0 spiro atoms. The van der Waals surface area contributed by atoms with E-state index in [4.69, 9.17) is 3.07 Å². The van der Waals surface area contributed by atoms with Crippen molar-refractivity contribution in [2.75, 3.05) is 31.4 Å². The number of sulfone groups is 2. The van der Waals surface area contributed by atoms with E-state index in [0.717, 1.165) is 48.6 Å². The topological polar surface area (TPSA) is 147 Å². The van der Waals surface area contributed by atoms with Crippen LogP contribution < -0.4 is 26.9 Å². The SMILES string of the molecule is CO[I-][C@@H]1C[C@@H](S(=O)(=O)CC2CCCCC2)CN1Cc1ccc(C(=O)N[C@@H](CCS(C)(=O)=O)C(=O)O)c(-c2ccccc2C)c1. The maximum absolute atomic E-state index is 13.5. The van der Waals surface area contributed by atoms with E-state index in [9.17, 15) is 31.5 Å². The van der Waals surface area contributed by atoms with Crippen LogP contribution in [0.5, 0.6) is 0 Å². The minimum absolute atomic E-state index is 0.0380. The molecule has 0 radical (unpaired) electrons. The van der Waals surface area contributed by atoms with E-state index in [-0.39, 0.29) is 33.5 Å². The van der Waals surface area contributed by atoms with Crippen molar-refractivity contribution in [3.63, 3.8) is 0 Å². The number of alkyl halides is 1. The summed E-state index contributed by atoms with van der Waals surface area (Å²) in [6, 6.07) is 11.6. The molecule has 1 amide bonds. The number of halogens is 1. The number of hydrogen-bond donors (Lipinski definition) is 2. The molecule has 1 saturated carbocycles. The van der Waals surface area contributed by atoms with Gasteiger partial charge in [0.1, 0.15) is 9.84 Å². The number of aryl methyl sites for hydroxylation is 1. The summed E-state index contributed by atoms with van der Waals surface area (Å²) in [5, 5.41) is 11.8. The maximum atomic E-state index is 13.5. The van der Waals surface area contributed by atoms with E-state index >= 15 is 0 Å². The summed E-state index contributed by atoms with van der Waals surface area (Å²) in [7, 11) is -5.02. The number of nitrogens with zero attached hydrogens (tertiary/aromatic N) is 1. The first-order chi connectivity index (χ1) is 21.3. The first-order valence-electron chi connectivity index (χ1n) is 15.3. The van der Waals surface area contributed by atoms with Gasteiger partial charge in [-0.15, -0.1) is 0 Å². The van der Waals surface area contributed by atoms with Gasteiger partial charge in [0.15, 0.2) is 0 Å². The van der Waals surface area contributed by atoms with Gasteiger partial charge in [-0.2, -0.15) is 0 Å². The van der Waals surface area contributed by atoms with Gasteiger partial charge < -0.3 is 0 Å². The molecule has 2 aromatic rings. The van der Waals surface area contributed by atoms with E-state index in [2.05, 4.69) is 10.2 Å². The molecule has 2 aromatic carbocycles. The molecule has 3 atom stereocenters. The van der Waals surface area contributed by atoms with Crippen LogP contribution in [0.3, 0.4) is 0 Å². The van der Waals surface area contributed by atoms with E-state index in [1.165, 1.54) is 6.42 Å². The Balaban J connectivity index is 1.59. The molecule has 0 bridgehead atoms. The molecule has 10 nitrogen and oxygen atoms in total. The van der Waals surface area contributed by atoms with Gasteiger partial charge in [-0.3, -0.25) is 0 Å². The standard InChI is InChI=1S/C32H44IN2O8S2/c1-22-9-7-8-12-26(22)28-17-24(13-14-27(28)31(36)34-29(32(37)38)15-16-44(3,39)40)19-35-20-25(18-30(35)33-43-2)45(41,42)21-23-10-5-4-6-11-23/h7-9,12-14,17,23,25,29-30H,4-6,10-11,15-16,18-21H2,1-3H3,(H,34,36)(H,37,38)/q-1/t25-,29+,30+/m1/s1. The molecule has 13 heteroatoms. The van der Waals surface area contributed by atoms with Crippen molar-refractivity contribution >= 4 is 31.6 Å². The van der Waals surface area contributed by atoms with Gasteiger partial charge in [-0.25, -0.2) is 8.42 Å². The van der Waals surface area contributed by atoms with Gasteiger partial charge >= 0.3 is 255 Å². The molecule has 1 aliphatic carbocycles. The van der Waals surface area contributed by atoms with Crippen molar-refractivity contribution < 1.29 is 56.2 Å². The molecular formula is C32H44IN2O8S2-. The van der Waals surface area contributed by atoms with Crippen LogP contribution in [0.15, 0.2) is 42.5 Å². The van der Waals surface area contributed by atoms with Crippen molar-refractivity contribution in [1.82, 2.24) is 10.2 Å². The third-order valence-corrected chi connectivity index (χ3v) is 14.4. The van der Waals surface area contributed by atoms with Gasteiger partial charge in [0, 0.05) is 6.26 Å². The number of carbonyl (C=O) groups is 2. The number of rotatable bonds is 14. The van der Waals surface area contributed by atoms with Gasteiger partial charge in [-0.05, 0) is 0 Å². The van der Waals surface area contributed by atoms with Crippen LogP contribution in [0, 0.1) is 12.8 Å². The second kappa shape index (κ2) is 15.7. The predicted molar refractivity (Wildman–Crippen MR) is 170 cm³/mol. The number of carboxylic acid groups (broad SMARTS) is 1. The quantitative estimate of drug-likeness (QED) is 0.162. The van der Waals surface area contributed by atoms with Crippen LogP contribution >= 0.6 is 0 Å². The molecular weight excluding hydrogens is 731 g/mol. The zero-order valence-corrected chi connectivity index (χ0v) is 29.9. The number of hydrogen-bond acceptors (Lipinski definition) is 8. The number of carboxylic acids is 1. The van der Waals surface area contributed by atoms with E-state index in [1.54, 1.807) is 13.2 Å². The van der Waals surface area contributed by atoms with Crippen molar-refractivity contribution in [2.24, 2.45) is 5.92 Å². The van der Waals surface area contributed by atoms with Gasteiger partial charge in [-0.1, -0.05) is 0 Å². The number of nitrogens with one attached hydrogen (secondary N) is 1. The molecule has 2 N–H and O–H groups in total.